The molecule has 3 aromatic rings. The van der Waals surface area contributed by atoms with Crippen LogP contribution in [0.5, 0.6) is 5.75 Å². The number of hydrogen-bond donors (Lipinski definition) is 2. The minimum absolute atomic E-state index is 0.0498. The maximum atomic E-state index is 14.4. The number of methoxy groups -OCH3 is 1. The SMILES string of the molecule is COc1ccccc1C(F)(F)ONC(=O)c1ccccc1NCc1ccncc1. The molecular formula is C21H19F2N3O3. The van der Waals surface area contributed by atoms with Crippen LogP contribution in [0, 0.1) is 0 Å². The molecule has 0 saturated heterocycles. The van der Waals surface area contributed by atoms with Crippen LogP contribution in [-0.2, 0) is 17.5 Å². The van der Waals surface area contributed by atoms with Gasteiger partial charge in [0.2, 0.25) is 0 Å². The molecule has 29 heavy (non-hydrogen) atoms. The minimum atomic E-state index is -3.78. The van der Waals surface area contributed by atoms with Gasteiger partial charge in [-0.05, 0) is 42.0 Å². The van der Waals surface area contributed by atoms with Crippen LogP contribution in [0.15, 0.2) is 73.1 Å². The van der Waals surface area contributed by atoms with E-state index < -0.39 is 17.6 Å². The number of alkyl halides is 2. The van der Waals surface area contributed by atoms with Crippen LogP contribution in [0.25, 0.3) is 0 Å². The van der Waals surface area contributed by atoms with Crippen LogP contribution in [0.2, 0.25) is 0 Å². The number of nitrogens with zero attached hydrogens (tertiary/aromatic N) is 1. The molecule has 2 aromatic carbocycles. The van der Waals surface area contributed by atoms with Gasteiger partial charge in [0.1, 0.15) is 5.75 Å². The van der Waals surface area contributed by atoms with Crippen molar-refractivity contribution in [1.82, 2.24) is 10.5 Å². The fourth-order valence-electron chi connectivity index (χ4n) is 2.64. The summed E-state index contributed by atoms with van der Waals surface area (Å²) in [4.78, 5) is 20.8. The molecule has 0 atom stereocenters. The van der Waals surface area contributed by atoms with Crippen molar-refractivity contribution < 1.29 is 23.1 Å². The smallest absolute Gasteiger partial charge is 0.406 e. The van der Waals surface area contributed by atoms with Crippen molar-refractivity contribution in [3.63, 3.8) is 0 Å². The lowest BCUT2D eigenvalue weighted by Crippen LogP contribution is -2.33. The van der Waals surface area contributed by atoms with Crippen molar-refractivity contribution in [2.45, 2.75) is 12.7 Å². The third-order valence-electron chi connectivity index (χ3n) is 4.10. The topological polar surface area (TPSA) is 72.5 Å². The molecule has 0 unspecified atom stereocenters. The van der Waals surface area contributed by atoms with Gasteiger partial charge in [-0.1, -0.05) is 24.3 Å². The first-order valence-electron chi connectivity index (χ1n) is 8.72. The molecule has 0 aliphatic heterocycles. The highest BCUT2D eigenvalue weighted by molar-refractivity contribution is 5.99. The first-order valence-corrected chi connectivity index (χ1v) is 8.72. The van der Waals surface area contributed by atoms with Gasteiger partial charge in [-0.15, -0.1) is 0 Å². The van der Waals surface area contributed by atoms with E-state index >= 15 is 0 Å². The number of benzene rings is 2. The highest BCUT2D eigenvalue weighted by Gasteiger charge is 2.37. The minimum Gasteiger partial charge on any atom is -0.496 e. The quantitative estimate of drug-likeness (QED) is 0.558. The fraction of sp³-hybridized carbons (Fsp3) is 0.143. The number of hydroxylamine groups is 1. The van der Waals surface area contributed by atoms with E-state index in [1.54, 1.807) is 36.7 Å². The van der Waals surface area contributed by atoms with Crippen molar-refractivity contribution in [2.24, 2.45) is 0 Å². The maximum Gasteiger partial charge on any atom is 0.406 e. The Hall–Kier alpha value is -3.52. The highest BCUT2D eigenvalue weighted by Crippen LogP contribution is 2.35. The van der Waals surface area contributed by atoms with Crippen molar-refractivity contribution >= 4 is 11.6 Å². The zero-order valence-electron chi connectivity index (χ0n) is 15.6. The Labute approximate surface area is 166 Å². The van der Waals surface area contributed by atoms with E-state index in [4.69, 9.17) is 4.74 Å². The van der Waals surface area contributed by atoms with Crippen molar-refractivity contribution in [3.8, 4) is 5.75 Å². The Morgan fingerprint density at radius 2 is 1.72 bits per heavy atom. The molecule has 0 saturated carbocycles. The zero-order valence-corrected chi connectivity index (χ0v) is 15.6. The summed E-state index contributed by atoms with van der Waals surface area (Å²) in [5.41, 5.74) is 2.93. The lowest BCUT2D eigenvalue weighted by Gasteiger charge is -2.19. The van der Waals surface area contributed by atoms with Gasteiger partial charge in [-0.2, -0.15) is 13.6 Å². The first-order chi connectivity index (χ1) is 14.0. The summed E-state index contributed by atoms with van der Waals surface area (Å²) in [7, 11) is 1.28. The van der Waals surface area contributed by atoms with E-state index in [-0.39, 0.29) is 11.3 Å². The summed E-state index contributed by atoms with van der Waals surface area (Å²) in [5.74, 6) is -0.858. The normalized spacial score (nSPS) is 11.0. The number of nitrogens with one attached hydrogen (secondary N) is 2. The van der Waals surface area contributed by atoms with E-state index in [0.717, 1.165) is 11.6 Å². The molecule has 0 aliphatic rings. The van der Waals surface area contributed by atoms with Crippen molar-refractivity contribution in [3.05, 3.63) is 89.7 Å². The van der Waals surface area contributed by atoms with E-state index in [1.807, 2.05) is 17.6 Å². The van der Waals surface area contributed by atoms with Gasteiger partial charge < -0.3 is 10.1 Å². The average molecular weight is 399 g/mol. The lowest BCUT2D eigenvalue weighted by molar-refractivity contribution is -0.273. The number of rotatable bonds is 8. The first kappa shape index (κ1) is 20.2. The summed E-state index contributed by atoms with van der Waals surface area (Å²) >= 11 is 0. The van der Waals surface area contributed by atoms with Crippen molar-refractivity contribution in [2.75, 3.05) is 12.4 Å². The Bertz CT molecular complexity index is 968. The monoisotopic (exact) mass is 399 g/mol. The van der Waals surface area contributed by atoms with Crippen LogP contribution >= 0.6 is 0 Å². The number of hydrogen-bond acceptors (Lipinski definition) is 5. The van der Waals surface area contributed by atoms with E-state index in [2.05, 4.69) is 15.1 Å². The molecule has 0 radical (unpaired) electrons. The molecule has 1 amide bonds. The molecule has 3 rings (SSSR count). The number of aromatic nitrogens is 1. The second kappa shape index (κ2) is 9.11. The van der Waals surface area contributed by atoms with Gasteiger partial charge in [0.25, 0.3) is 5.91 Å². The average Bonchev–Trinajstić information content (AvgIpc) is 2.77. The number of para-hydroxylation sites is 2. The fourth-order valence-corrected chi connectivity index (χ4v) is 2.64. The van der Waals surface area contributed by atoms with E-state index in [0.29, 0.717) is 12.2 Å². The Balaban J connectivity index is 1.69. The molecule has 150 valence electrons. The van der Waals surface area contributed by atoms with Crippen LogP contribution in [-0.4, -0.2) is 18.0 Å². The molecule has 0 aliphatic carbocycles. The van der Waals surface area contributed by atoms with Gasteiger partial charge in [-0.25, -0.2) is 5.48 Å². The predicted octanol–water partition coefficient (Wildman–Crippen LogP) is 4.11. The van der Waals surface area contributed by atoms with Crippen LogP contribution < -0.4 is 15.5 Å². The molecule has 1 heterocycles. The zero-order chi connectivity index (χ0) is 20.7. The summed E-state index contributed by atoms with van der Waals surface area (Å²) in [6.07, 6.45) is -0.464. The summed E-state index contributed by atoms with van der Waals surface area (Å²) in [6.45, 7) is 0.436. The van der Waals surface area contributed by atoms with Crippen LogP contribution in [0.4, 0.5) is 14.5 Å². The molecule has 2 N–H and O–H groups in total. The van der Waals surface area contributed by atoms with Gasteiger partial charge in [0, 0.05) is 24.6 Å². The number of anilines is 1. The standard InChI is InChI=1S/C21H19F2N3O3/c1-28-19-9-5-3-7-17(19)21(22,23)29-26-20(27)16-6-2-4-8-18(16)25-14-15-10-12-24-13-11-15/h2-13,25H,14H2,1H3,(H,26,27). The third-order valence-corrected chi connectivity index (χ3v) is 4.10. The number of carbonyl (C=O) groups is 1. The summed E-state index contributed by atoms with van der Waals surface area (Å²) in [6, 6.07) is 15.7. The second-order valence-electron chi connectivity index (χ2n) is 6.00. The third kappa shape index (κ3) is 5.05. The Morgan fingerprint density at radius 1 is 1.03 bits per heavy atom. The molecule has 1 aromatic heterocycles. The second-order valence-corrected chi connectivity index (χ2v) is 6.00. The van der Waals surface area contributed by atoms with Crippen molar-refractivity contribution in [1.29, 1.82) is 0 Å². The predicted molar refractivity (Wildman–Crippen MR) is 103 cm³/mol. The molecule has 0 bridgehead atoms. The summed E-state index contributed by atoms with van der Waals surface area (Å²) in [5, 5.41) is 3.11. The molecule has 0 fully saturated rings. The Morgan fingerprint density at radius 3 is 2.48 bits per heavy atom. The number of ether oxygens (including phenoxy) is 1. The lowest BCUT2D eigenvalue weighted by atomic mass is 10.1. The van der Waals surface area contributed by atoms with Gasteiger partial charge in [0.15, 0.2) is 0 Å². The number of pyridine rings is 1. The van der Waals surface area contributed by atoms with Gasteiger partial charge in [-0.3, -0.25) is 9.78 Å². The van der Waals surface area contributed by atoms with E-state index in [1.165, 1.54) is 25.3 Å². The van der Waals surface area contributed by atoms with Gasteiger partial charge in [0.05, 0.1) is 18.2 Å². The van der Waals surface area contributed by atoms with Crippen LogP contribution in [0.1, 0.15) is 21.5 Å². The van der Waals surface area contributed by atoms with Crippen LogP contribution in [0.3, 0.4) is 0 Å². The molecule has 6 nitrogen and oxygen atoms in total. The molecule has 0 spiro atoms. The number of halogens is 2. The molecular weight excluding hydrogens is 380 g/mol. The maximum absolute atomic E-state index is 14.4. The highest BCUT2D eigenvalue weighted by atomic mass is 19.3. The number of carbonyl (C=O) groups excluding carboxylic acids is 1. The van der Waals surface area contributed by atoms with E-state index in [9.17, 15) is 13.6 Å². The Kier molecular flexibility index (Phi) is 6.36. The molecule has 8 heteroatoms. The summed E-state index contributed by atoms with van der Waals surface area (Å²) < 4.78 is 33.8. The van der Waals surface area contributed by atoms with Gasteiger partial charge >= 0.3 is 6.11 Å². The number of amides is 1. The largest absolute Gasteiger partial charge is 0.496 e.